The zero-order valence-corrected chi connectivity index (χ0v) is 32.0. The van der Waals surface area contributed by atoms with Crippen LogP contribution in [-0.4, -0.2) is 46.3 Å². The number of nitrogens with zero attached hydrogens (tertiary/aromatic N) is 6. The van der Waals surface area contributed by atoms with E-state index in [0.717, 1.165) is 0 Å². The number of sulfone groups is 2. The number of hydrogen-bond donors (Lipinski definition) is 0. The first-order chi connectivity index (χ1) is 23.8. The quantitative estimate of drug-likeness (QED) is 0.177. The van der Waals surface area contributed by atoms with Crippen molar-refractivity contribution in [3.05, 3.63) is 146 Å². The first-order valence-electron chi connectivity index (χ1n) is 14.7. The third-order valence-corrected chi connectivity index (χ3v) is 11.1. The first kappa shape index (κ1) is 36.1. The van der Waals surface area contributed by atoms with Crippen molar-refractivity contribution in [2.24, 2.45) is 0 Å². The molecule has 254 valence electrons. The van der Waals surface area contributed by atoms with Gasteiger partial charge in [0.1, 0.15) is 12.7 Å². The summed E-state index contributed by atoms with van der Waals surface area (Å²) in [4.78, 5) is 20.7. The van der Waals surface area contributed by atoms with Crippen LogP contribution in [0.1, 0.15) is 0 Å². The van der Waals surface area contributed by atoms with Gasteiger partial charge >= 0.3 is 42.1 Å². The molecule has 0 fully saturated rings. The van der Waals surface area contributed by atoms with E-state index in [0.29, 0.717) is 44.3 Å². The minimum absolute atomic E-state index is 0. The summed E-state index contributed by atoms with van der Waals surface area (Å²) in [6.45, 7) is 0. The van der Waals surface area contributed by atoms with Gasteiger partial charge in [0.2, 0.25) is 5.95 Å². The van der Waals surface area contributed by atoms with Crippen molar-refractivity contribution in [3.63, 3.8) is 0 Å². The molecule has 0 aliphatic rings. The van der Waals surface area contributed by atoms with E-state index >= 15 is 0 Å². The smallest absolute Gasteiger partial charge is 0.328 e. The molecule has 0 saturated carbocycles. The molecule has 0 N–H and O–H groups in total. The molecular weight excluding hydrogens is 1050 g/mol. The monoisotopic (exact) mass is 1070 g/mol. The van der Waals surface area contributed by atoms with Crippen molar-refractivity contribution in [3.8, 4) is 28.5 Å². The van der Waals surface area contributed by atoms with Crippen LogP contribution in [0.25, 0.3) is 50.3 Å². The van der Waals surface area contributed by atoms with Gasteiger partial charge in [-0.15, -0.1) is 71.8 Å². The van der Waals surface area contributed by atoms with E-state index in [9.17, 15) is 16.8 Å². The maximum absolute atomic E-state index is 14.0. The minimum Gasteiger partial charge on any atom is -0.328 e. The summed E-state index contributed by atoms with van der Waals surface area (Å²) >= 11 is 0. The zero-order valence-electron chi connectivity index (χ0n) is 25.8. The summed E-state index contributed by atoms with van der Waals surface area (Å²) in [7, 11) is -8.23. The molecule has 51 heavy (non-hydrogen) atoms. The van der Waals surface area contributed by atoms with Gasteiger partial charge in [0, 0.05) is 12.4 Å². The summed E-state index contributed by atoms with van der Waals surface area (Å²) in [6, 6.07) is 38.7. The Bertz CT molecular complexity index is 2580. The second-order valence-electron chi connectivity index (χ2n) is 10.7. The second-order valence-corrected chi connectivity index (χ2v) is 14.5. The van der Waals surface area contributed by atoms with Gasteiger partial charge in [0.15, 0.2) is 19.7 Å². The Labute approximate surface area is 322 Å². The Morgan fingerprint density at radius 3 is 1.35 bits per heavy atom. The minimum atomic E-state index is -4.11. The molecular formula is C37H20N6O4Pt2S2. The SMILES string of the molecule is O=S(=O)(c1[c-]c(-c2ccccn2)ccc1)c1[c-]c2c(cc1)c1ccc(S(=O)(=O)c3[c-]c(-c4ccccn4)ccc3)[c-]c1n2-c1ncncn1.[Pt+2].[Pt+2]. The van der Waals surface area contributed by atoms with E-state index < -0.39 is 19.7 Å². The maximum atomic E-state index is 14.0. The average molecular weight is 1070 g/mol. The van der Waals surface area contributed by atoms with E-state index in [4.69, 9.17) is 0 Å². The van der Waals surface area contributed by atoms with Crippen LogP contribution < -0.4 is 0 Å². The molecule has 0 amide bonds. The average Bonchev–Trinajstić information content (AvgIpc) is 3.49. The van der Waals surface area contributed by atoms with Gasteiger partial charge in [-0.2, -0.15) is 35.0 Å². The molecule has 0 spiro atoms. The number of pyridine rings is 2. The van der Waals surface area contributed by atoms with Crippen LogP contribution in [0.15, 0.2) is 142 Å². The zero-order chi connectivity index (χ0) is 33.6. The van der Waals surface area contributed by atoms with Crippen LogP contribution in [-0.2, 0) is 61.8 Å². The van der Waals surface area contributed by atoms with Crippen molar-refractivity contribution in [1.82, 2.24) is 29.5 Å². The summed E-state index contributed by atoms with van der Waals surface area (Å²) in [5.74, 6) is 0.124. The van der Waals surface area contributed by atoms with Gasteiger partial charge in [0.05, 0.1) is 0 Å². The number of aromatic nitrogens is 6. The molecule has 8 rings (SSSR count). The number of rotatable bonds is 7. The van der Waals surface area contributed by atoms with E-state index in [-0.39, 0.29) is 67.7 Å². The second kappa shape index (κ2) is 14.5. The number of hydrogen-bond acceptors (Lipinski definition) is 9. The van der Waals surface area contributed by atoms with Crippen molar-refractivity contribution < 1.29 is 59.0 Å². The fourth-order valence-corrected chi connectivity index (χ4v) is 7.91. The van der Waals surface area contributed by atoms with Gasteiger partial charge < -0.3 is 14.5 Å². The molecule has 0 bridgehead atoms. The molecule has 0 aliphatic heterocycles. The van der Waals surface area contributed by atoms with Gasteiger partial charge in [0.25, 0.3) is 0 Å². The molecule has 0 atom stereocenters. The number of fused-ring (bicyclic) bond motifs is 3. The molecule has 8 aromatic rings. The van der Waals surface area contributed by atoms with Crippen LogP contribution >= 0.6 is 0 Å². The van der Waals surface area contributed by atoms with E-state index in [2.05, 4.69) is 49.2 Å². The molecule has 4 aromatic carbocycles. The summed E-state index contributed by atoms with van der Waals surface area (Å²) in [5, 5.41) is 1.17. The largest absolute Gasteiger partial charge is 2.00 e. The third-order valence-electron chi connectivity index (χ3n) is 7.79. The Morgan fingerprint density at radius 1 is 0.471 bits per heavy atom. The van der Waals surface area contributed by atoms with Gasteiger partial charge in [-0.05, 0) is 43.1 Å². The predicted octanol–water partition coefficient (Wildman–Crippen LogP) is 5.95. The summed E-state index contributed by atoms with van der Waals surface area (Å²) < 4.78 is 57.4. The first-order valence-corrected chi connectivity index (χ1v) is 17.7. The molecule has 4 heterocycles. The third kappa shape index (κ3) is 6.61. The van der Waals surface area contributed by atoms with Crippen molar-refractivity contribution in [2.75, 3.05) is 0 Å². The molecule has 0 unspecified atom stereocenters. The standard InChI is InChI=1S/C37H20N6O4S2.2Pt/c44-48(45,27-9-5-7-25(19-27)33-11-1-3-17-39-33)29-13-15-31-32-16-14-30(22-36(32)43(35(31)21-29)37-41-23-38-24-42-37)49(46,47)28-10-6-8-26(20-28)34-12-2-4-18-40-34;;/h1-18,23-24H;;/q-4;2*+2. The van der Waals surface area contributed by atoms with E-state index in [1.165, 1.54) is 41.5 Å². The van der Waals surface area contributed by atoms with Crippen LogP contribution in [0.3, 0.4) is 0 Å². The fraction of sp³-hybridized carbons (Fsp3) is 0. The maximum Gasteiger partial charge on any atom is 2.00 e. The summed E-state index contributed by atoms with van der Waals surface area (Å²) in [6.07, 6.45) is 5.82. The number of benzene rings is 4. The fourth-order valence-electron chi connectivity index (χ4n) is 5.48. The van der Waals surface area contributed by atoms with Gasteiger partial charge in [-0.3, -0.25) is 0 Å². The van der Waals surface area contributed by atoms with Crippen molar-refractivity contribution >= 4 is 41.5 Å². The molecule has 0 saturated heterocycles. The molecule has 14 heteroatoms. The molecule has 0 radical (unpaired) electrons. The molecule has 0 aliphatic carbocycles. The van der Waals surface area contributed by atoms with Crippen molar-refractivity contribution in [2.45, 2.75) is 19.6 Å². The predicted molar refractivity (Wildman–Crippen MR) is 180 cm³/mol. The summed E-state index contributed by atoms with van der Waals surface area (Å²) in [5.41, 5.74) is 2.81. The topological polar surface area (TPSA) is 138 Å². The molecule has 10 nitrogen and oxygen atoms in total. The van der Waals surface area contributed by atoms with E-state index in [1.807, 2.05) is 12.1 Å². The van der Waals surface area contributed by atoms with E-state index in [1.54, 1.807) is 73.1 Å². The Kier molecular flexibility index (Phi) is 10.2. The Balaban J connectivity index is 0.00000224. The van der Waals surface area contributed by atoms with Crippen LogP contribution in [0, 0.1) is 24.3 Å². The molecule has 4 aromatic heterocycles. The van der Waals surface area contributed by atoms with Crippen LogP contribution in [0.4, 0.5) is 0 Å². The van der Waals surface area contributed by atoms with Crippen LogP contribution in [0.2, 0.25) is 0 Å². The van der Waals surface area contributed by atoms with Crippen LogP contribution in [0.5, 0.6) is 0 Å². The Hall–Kier alpha value is -4.73. The van der Waals surface area contributed by atoms with Crippen molar-refractivity contribution in [1.29, 1.82) is 0 Å². The van der Waals surface area contributed by atoms with Gasteiger partial charge in [-0.1, -0.05) is 35.3 Å². The normalized spacial score (nSPS) is 11.5. The van der Waals surface area contributed by atoms with Gasteiger partial charge in [-0.25, -0.2) is 31.8 Å². The Morgan fingerprint density at radius 2 is 0.922 bits per heavy atom.